The van der Waals surface area contributed by atoms with Crippen LogP contribution in [-0.2, 0) is 6.54 Å². The van der Waals surface area contributed by atoms with Gasteiger partial charge in [0.15, 0.2) is 0 Å². The number of hydrogen-bond donors (Lipinski definition) is 1. The Hall–Kier alpha value is -1.67. The Kier molecular flexibility index (Phi) is 5.31. The highest BCUT2D eigenvalue weighted by Crippen LogP contribution is 2.18. The normalized spacial score (nSPS) is 12.3. The number of thiophene rings is 1. The standard InChI is InChI=1S/C16H19N3S/c1-19(2)16(14-6-4-3-5-7-14)11-18-10-15-8-13(9-17)12-20-15/h3-8,12,16,18H,10-11H2,1-2H3. The second-order valence-electron chi connectivity index (χ2n) is 4.93. The van der Waals surface area contributed by atoms with E-state index < -0.39 is 0 Å². The number of likely N-dealkylation sites (N-methyl/N-ethyl adjacent to an activating group) is 1. The van der Waals surface area contributed by atoms with Crippen molar-refractivity contribution in [2.24, 2.45) is 0 Å². The van der Waals surface area contributed by atoms with Crippen molar-refractivity contribution in [1.82, 2.24) is 10.2 Å². The number of nitriles is 1. The molecule has 0 bridgehead atoms. The van der Waals surface area contributed by atoms with Crippen molar-refractivity contribution < 1.29 is 0 Å². The minimum atomic E-state index is 0.353. The van der Waals surface area contributed by atoms with Gasteiger partial charge in [-0.15, -0.1) is 11.3 Å². The minimum Gasteiger partial charge on any atom is -0.310 e. The molecule has 1 unspecified atom stereocenters. The van der Waals surface area contributed by atoms with E-state index >= 15 is 0 Å². The monoisotopic (exact) mass is 285 g/mol. The van der Waals surface area contributed by atoms with Gasteiger partial charge in [0.25, 0.3) is 0 Å². The van der Waals surface area contributed by atoms with Crippen LogP contribution in [0.3, 0.4) is 0 Å². The van der Waals surface area contributed by atoms with Crippen LogP contribution in [0.5, 0.6) is 0 Å². The summed E-state index contributed by atoms with van der Waals surface area (Å²) in [5.41, 5.74) is 2.06. The lowest BCUT2D eigenvalue weighted by atomic mass is 10.1. The van der Waals surface area contributed by atoms with E-state index in [0.29, 0.717) is 6.04 Å². The number of benzene rings is 1. The zero-order valence-electron chi connectivity index (χ0n) is 11.8. The molecule has 1 N–H and O–H groups in total. The maximum absolute atomic E-state index is 8.82. The fraction of sp³-hybridized carbons (Fsp3) is 0.312. The van der Waals surface area contributed by atoms with Crippen LogP contribution in [0.1, 0.15) is 22.0 Å². The summed E-state index contributed by atoms with van der Waals surface area (Å²) in [7, 11) is 4.19. The van der Waals surface area contributed by atoms with Crippen molar-refractivity contribution in [2.75, 3.05) is 20.6 Å². The molecule has 0 fully saturated rings. The summed E-state index contributed by atoms with van der Waals surface area (Å²) < 4.78 is 0. The smallest absolute Gasteiger partial charge is 0.100 e. The molecule has 2 aromatic rings. The van der Waals surface area contributed by atoms with E-state index in [1.165, 1.54) is 10.4 Å². The Labute approximate surface area is 124 Å². The van der Waals surface area contributed by atoms with Crippen molar-refractivity contribution in [3.05, 3.63) is 57.8 Å². The predicted molar refractivity (Wildman–Crippen MR) is 83.6 cm³/mol. The van der Waals surface area contributed by atoms with Gasteiger partial charge in [-0.3, -0.25) is 0 Å². The molecule has 0 saturated carbocycles. The maximum atomic E-state index is 8.82. The van der Waals surface area contributed by atoms with Gasteiger partial charge in [0.1, 0.15) is 6.07 Å². The van der Waals surface area contributed by atoms with Crippen molar-refractivity contribution >= 4 is 11.3 Å². The number of nitrogens with one attached hydrogen (secondary N) is 1. The lowest BCUT2D eigenvalue weighted by Gasteiger charge is -2.25. The first-order valence-electron chi connectivity index (χ1n) is 6.60. The van der Waals surface area contributed by atoms with Crippen molar-refractivity contribution in [3.8, 4) is 6.07 Å². The fourth-order valence-electron chi connectivity index (χ4n) is 2.14. The summed E-state index contributed by atoms with van der Waals surface area (Å²) in [6.07, 6.45) is 0. The first kappa shape index (κ1) is 14.7. The Morgan fingerprint density at radius 2 is 2.05 bits per heavy atom. The molecule has 0 radical (unpaired) electrons. The van der Waals surface area contributed by atoms with Crippen LogP contribution < -0.4 is 5.32 Å². The first-order valence-corrected chi connectivity index (χ1v) is 7.48. The molecule has 0 spiro atoms. The van der Waals surface area contributed by atoms with Gasteiger partial charge in [0.2, 0.25) is 0 Å². The van der Waals surface area contributed by atoms with Gasteiger partial charge in [-0.05, 0) is 25.7 Å². The van der Waals surface area contributed by atoms with Crippen LogP contribution in [0.4, 0.5) is 0 Å². The van der Waals surface area contributed by atoms with Crippen molar-refractivity contribution in [1.29, 1.82) is 5.26 Å². The SMILES string of the molecule is CN(C)C(CNCc1cc(C#N)cs1)c1ccccc1. The summed E-state index contributed by atoms with van der Waals surface area (Å²) in [5, 5.41) is 14.2. The predicted octanol–water partition coefficient (Wildman–Crippen LogP) is 3.01. The van der Waals surface area contributed by atoms with Gasteiger partial charge >= 0.3 is 0 Å². The van der Waals surface area contributed by atoms with Crippen LogP contribution in [0.2, 0.25) is 0 Å². The molecule has 0 amide bonds. The molecule has 4 heteroatoms. The van der Waals surface area contributed by atoms with Gasteiger partial charge in [0, 0.05) is 29.4 Å². The van der Waals surface area contributed by atoms with E-state index in [9.17, 15) is 0 Å². The zero-order valence-corrected chi connectivity index (χ0v) is 12.7. The first-order chi connectivity index (χ1) is 9.70. The van der Waals surface area contributed by atoms with Crippen LogP contribution in [-0.4, -0.2) is 25.5 Å². The van der Waals surface area contributed by atoms with E-state index in [1.54, 1.807) is 11.3 Å². The third kappa shape index (κ3) is 3.91. The topological polar surface area (TPSA) is 39.1 Å². The van der Waals surface area contributed by atoms with Gasteiger partial charge < -0.3 is 10.2 Å². The zero-order chi connectivity index (χ0) is 14.4. The molecular weight excluding hydrogens is 266 g/mol. The minimum absolute atomic E-state index is 0.353. The second-order valence-corrected chi connectivity index (χ2v) is 5.93. The fourth-order valence-corrected chi connectivity index (χ4v) is 2.92. The molecular formula is C16H19N3S. The highest BCUT2D eigenvalue weighted by atomic mass is 32.1. The molecule has 0 saturated heterocycles. The number of rotatable bonds is 6. The maximum Gasteiger partial charge on any atom is 0.100 e. The molecule has 1 aromatic carbocycles. The highest BCUT2D eigenvalue weighted by molar-refractivity contribution is 7.10. The van der Waals surface area contributed by atoms with E-state index in [1.807, 2.05) is 17.5 Å². The second kappa shape index (κ2) is 7.20. The third-order valence-electron chi connectivity index (χ3n) is 3.23. The Morgan fingerprint density at radius 1 is 1.30 bits per heavy atom. The van der Waals surface area contributed by atoms with Crippen LogP contribution >= 0.6 is 11.3 Å². The average Bonchev–Trinajstić information content (AvgIpc) is 2.92. The molecule has 104 valence electrons. The van der Waals surface area contributed by atoms with E-state index in [4.69, 9.17) is 5.26 Å². The Bertz CT molecular complexity index is 569. The Morgan fingerprint density at radius 3 is 2.65 bits per heavy atom. The summed E-state index contributed by atoms with van der Waals surface area (Å²) in [6.45, 7) is 1.69. The molecule has 1 aromatic heterocycles. The van der Waals surface area contributed by atoms with Crippen LogP contribution in [0.25, 0.3) is 0 Å². The third-order valence-corrected chi connectivity index (χ3v) is 4.16. The lowest BCUT2D eigenvalue weighted by Crippen LogP contribution is -2.30. The van der Waals surface area contributed by atoms with Crippen molar-refractivity contribution in [3.63, 3.8) is 0 Å². The van der Waals surface area contributed by atoms with Crippen LogP contribution in [0.15, 0.2) is 41.8 Å². The number of hydrogen-bond acceptors (Lipinski definition) is 4. The van der Waals surface area contributed by atoms with E-state index in [2.05, 4.69) is 54.6 Å². The molecule has 1 atom stereocenters. The van der Waals surface area contributed by atoms with Gasteiger partial charge in [0.05, 0.1) is 5.56 Å². The number of nitrogens with zero attached hydrogens (tertiary/aromatic N) is 2. The lowest BCUT2D eigenvalue weighted by molar-refractivity contribution is 0.288. The summed E-state index contributed by atoms with van der Waals surface area (Å²) in [4.78, 5) is 3.42. The molecule has 0 aliphatic rings. The van der Waals surface area contributed by atoms with Gasteiger partial charge in [-0.1, -0.05) is 30.3 Å². The molecule has 1 heterocycles. The van der Waals surface area contributed by atoms with Gasteiger partial charge in [-0.25, -0.2) is 0 Å². The summed E-state index contributed by atoms with van der Waals surface area (Å²) in [6, 6.07) is 15.0. The molecule has 2 rings (SSSR count). The average molecular weight is 285 g/mol. The summed E-state index contributed by atoms with van der Waals surface area (Å²) >= 11 is 1.63. The van der Waals surface area contributed by atoms with Crippen LogP contribution in [0, 0.1) is 11.3 Å². The van der Waals surface area contributed by atoms with Gasteiger partial charge in [-0.2, -0.15) is 5.26 Å². The Balaban J connectivity index is 1.92. The quantitative estimate of drug-likeness (QED) is 0.886. The molecule has 3 nitrogen and oxygen atoms in total. The summed E-state index contributed by atoms with van der Waals surface area (Å²) in [5.74, 6) is 0. The van der Waals surface area contributed by atoms with E-state index in [-0.39, 0.29) is 0 Å². The highest BCUT2D eigenvalue weighted by Gasteiger charge is 2.13. The van der Waals surface area contributed by atoms with Crippen molar-refractivity contribution in [2.45, 2.75) is 12.6 Å². The largest absolute Gasteiger partial charge is 0.310 e. The molecule has 0 aliphatic carbocycles. The molecule has 0 aliphatic heterocycles. The van der Waals surface area contributed by atoms with E-state index in [0.717, 1.165) is 18.7 Å². The molecule has 20 heavy (non-hydrogen) atoms.